The first-order valence-electron chi connectivity index (χ1n) is 8.29. The van der Waals surface area contributed by atoms with Gasteiger partial charge >= 0.3 is 0 Å². The van der Waals surface area contributed by atoms with Crippen LogP contribution in [0.15, 0.2) is 41.8 Å². The average Bonchev–Trinajstić information content (AvgIpc) is 2.98. The lowest BCUT2D eigenvalue weighted by molar-refractivity contribution is 0.122. The van der Waals surface area contributed by atoms with Gasteiger partial charge in [-0.2, -0.15) is 0 Å². The minimum Gasteiger partial charge on any atom is -0.378 e. The van der Waals surface area contributed by atoms with Crippen molar-refractivity contribution in [1.82, 2.24) is 9.97 Å². The molecule has 124 valence electrons. The SMILES string of the molecule is CC1(C)C=CC=C(c2nc(N3CCOCC3)c3sccc3n2)C=C1. The largest absolute Gasteiger partial charge is 0.378 e. The summed E-state index contributed by atoms with van der Waals surface area (Å²) in [7, 11) is 0. The van der Waals surface area contributed by atoms with Gasteiger partial charge in [0.05, 0.1) is 23.4 Å². The van der Waals surface area contributed by atoms with Crippen LogP contribution in [0, 0.1) is 5.41 Å². The van der Waals surface area contributed by atoms with Crippen LogP contribution in [0.1, 0.15) is 19.7 Å². The zero-order chi connectivity index (χ0) is 16.6. The number of thiophene rings is 1. The summed E-state index contributed by atoms with van der Waals surface area (Å²) in [6.07, 6.45) is 10.7. The number of hydrogen-bond acceptors (Lipinski definition) is 5. The van der Waals surface area contributed by atoms with Gasteiger partial charge in [-0.05, 0) is 11.4 Å². The van der Waals surface area contributed by atoms with E-state index in [1.165, 1.54) is 0 Å². The summed E-state index contributed by atoms with van der Waals surface area (Å²) < 4.78 is 6.65. The molecular weight excluding hydrogens is 318 g/mol. The standard InChI is InChI=1S/C19H21N3OS/c1-19(2)7-3-4-14(5-8-19)17-20-15-6-13-24-16(15)18(21-17)22-9-11-23-12-10-22/h3-8,13H,9-12H2,1-2H3. The average molecular weight is 339 g/mol. The molecule has 0 saturated carbocycles. The number of ether oxygens (including phenoxy) is 1. The van der Waals surface area contributed by atoms with E-state index in [4.69, 9.17) is 14.7 Å². The molecule has 0 aromatic carbocycles. The van der Waals surface area contributed by atoms with E-state index in [-0.39, 0.29) is 5.41 Å². The molecule has 0 amide bonds. The summed E-state index contributed by atoms with van der Waals surface area (Å²) >= 11 is 1.71. The summed E-state index contributed by atoms with van der Waals surface area (Å²) in [5.74, 6) is 1.83. The molecule has 4 nitrogen and oxygen atoms in total. The van der Waals surface area contributed by atoms with E-state index in [2.05, 4.69) is 60.6 Å². The van der Waals surface area contributed by atoms with E-state index in [0.717, 1.165) is 53.7 Å². The van der Waals surface area contributed by atoms with Crippen LogP contribution >= 0.6 is 11.3 Å². The van der Waals surface area contributed by atoms with Gasteiger partial charge in [0.25, 0.3) is 0 Å². The van der Waals surface area contributed by atoms with Crippen molar-refractivity contribution in [2.75, 3.05) is 31.2 Å². The van der Waals surface area contributed by atoms with Gasteiger partial charge in [0.1, 0.15) is 0 Å². The predicted octanol–water partition coefficient (Wildman–Crippen LogP) is 4.06. The Morgan fingerprint density at radius 3 is 2.83 bits per heavy atom. The zero-order valence-electron chi connectivity index (χ0n) is 14.0. The van der Waals surface area contributed by atoms with Gasteiger partial charge in [0.2, 0.25) is 0 Å². The highest BCUT2D eigenvalue weighted by Crippen LogP contribution is 2.32. The van der Waals surface area contributed by atoms with E-state index < -0.39 is 0 Å². The molecule has 1 saturated heterocycles. The molecule has 0 N–H and O–H groups in total. The molecule has 0 unspecified atom stereocenters. The van der Waals surface area contributed by atoms with Crippen LogP contribution in [0.3, 0.4) is 0 Å². The van der Waals surface area contributed by atoms with Gasteiger partial charge in [-0.15, -0.1) is 11.3 Å². The molecule has 2 aliphatic rings. The van der Waals surface area contributed by atoms with E-state index >= 15 is 0 Å². The fourth-order valence-electron chi connectivity index (χ4n) is 2.93. The summed E-state index contributed by atoms with van der Waals surface area (Å²) in [5, 5.41) is 2.09. The van der Waals surface area contributed by atoms with Crippen LogP contribution in [0.5, 0.6) is 0 Å². The Kier molecular flexibility index (Phi) is 3.98. The fourth-order valence-corrected chi connectivity index (χ4v) is 3.78. The Morgan fingerprint density at radius 2 is 2.00 bits per heavy atom. The molecule has 2 aromatic rings. The molecule has 24 heavy (non-hydrogen) atoms. The van der Waals surface area contributed by atoms with Crippen LogP contribution in [0.2, 0.25) is 0 Å². The minimum absolute atomic E-state index is 0.0533. The molecule has 1 aliphatic heterocycles. The Balaban J connectivity index is 1.79. The second-order valence-corrected chi connectivity index (χ2v) is 7.66. The van der Waals surface area contributed by atoms with Gasteiger partial charge in [-0.25, -0.2) is 9.97 Å². The second-order valence-electron chi connectivity index (χ2n) is 6.74. The molecule has 1 aliphatic carbocycles. The van der Waals surface area contributed by atoms with Crippen LogP contribution < -0.4 is 4.90 Å². The van der Waals surface area contributed by atoms with Crippen molar-refractivity contribution in [3.05, 3.63) is 47.7 Å². The molecule has 0 atom stereocenters. The molecule has 4 rings (SSSR count). The zero-order valence-corrected chi connectivity index (χ0v) is 14.8. The molecule has 1 fully saturated rings. The van der Waals surface area contributed by atoms with Crippen molar-refractivity contribution >= 4 is 32.9 Å². The van der Waals surface area contributed by atoms with Crippen LogP contribution in [0.4, 0.5) is 5.82 Å². The van der Waals surface area contributed by atoms with E-state index in [1.807, 2.05) is 0 Å². The Morgan fingerprint density at radius 1 is 1.17 bits per heavy atom. The fraction of sp³-hybridized carbons (Fsp3) is 0.368. The van der Waals surface area contributed by atoms with Gasteiger partial charge in [-0.1, -0.05) is 44.2 Å². The molecule has 0 radical (unpaired) electrons. The third-order valence-electron chi connectivity index (χ3n) is 4.35. The number of morpholine rings is 1. The number of rotatable bonds is 2. The molecule has 5 heteroatoms. The molecular formula is C19H21N3OS. The lowest BCUT2D eigenvalue weighted by atomic mass is 9.93. The summed E-state index contributed by atoms with van der Waals surface area (Å²) in [4.78, 5) is 12.0. The van der Waals surface area contributed by atoms with Gasteiger partial charge < -0.3 is 9.64 Å². The lowest BCUT2D eigenvalue weighted by Crippen LogP contribution is -2.37. The number of nitrogens with zero attached hydrogens (tertiary/aromatic N) is 3. The Hall–Kier alpha value is -1.98. The number of hydrogen-bond donors (Lipinski definition) is 0. The topological polar surface area (TPSA) is 38.2 Å². The molecule has 0 bridgehead atoms. The van der Waals surface area contributed by atoms with Crippen molar-refractivity contribution < 1.29 is 4.74 Å². The van der Waals surface area contributed by atoms with Crippen molar-refractivity contribution in [2.45, 2.75) is 13.8 Å². The van der Waals surface area contributed by atoms with Crippen LogP contribution in [0.25, 0.3) is 15.8 Å². The van der Waals surface area contributed by atoms with Crippen LogP contribution in [-0.4, -0.2) is 36.3 Å². The normalized spacial score (nSPS) is 20.2. The first-order valence-corrected chi connectivity index (χ1v) is 9.17. The number of anilines is 1. The Bertz CT molecular complexity index is 841. The van der Waals surface area contributed by atoms with E-state index in [9.17, 15) is 0 Å². The van der Waals surface area contributed by atoms with Crippen molar-refractivity contribution in [3.63, 3.8) is 0 Å². The summed E-state index contributed by atoms with van der Waals surface area (Å²) in [6.45, 7) is 7.66. The quantitative estimate of drug-likeness (QED) is 0.827. The minimum atomic E-state index is 0.0533. The summed E-state index contributed by atoms with van der Waals surface area (Å²) in [6, 6.07) is 2.08. The third kappa shape index (κ3) is 3.01. The maximum atomic E-state index is 5.49. The van der Waals surface area contributed by atoms with Crippen molar-refractivity contribution in [2.24, 2.45) is 5.41 Å². The second kappa shape index (κ2) is 6.15. The van der Waals surface area contributed by atoms with Crippen molar-refractivity contribution in [1.29, 1.82) is 0 Å². The lowest BCUT2D eigenvalue weighted by Gasteiger charge is -2.28. The molecule has 3 heterocycles. The monoisotopic (exact) mass is 339 g/mol. The Labute approximate surface area is 146 Å². The van der Waals surface area contributed by atoms with Gasteiger partial charge in [0.15, 0.2) is 11.6 Å². The molecule has 2 aromatic heterocycles. The van der Waals surface area contributed by atoms with Crippen LogP contribution in [-0.2, 0) is 4.74 Å². The van der Waals surface area contributed by atoms with Crippen molar-refractivity contribution in [3.8, 4) is 0 Å². The highest BCUT2D eigenvalue weighted by Gasteiger charge is 2.19. The van der Waals surface area contributed by atoms with E-state index in [1.54, 1.807) is 11.3 Å². The van der Waals surface area contributed by atoms with E-state index in [0.29, 0.717) is 0 Å². The maximum absolute atomic E-state index is 5.49. The highest BCUT2D eigenvalue weighted by atomic mass is 32.1. The summed E-state index contributed by atoms with van der Waals surface area (Å²) in [5.41, 5.74) is 2.13. The third-order valence-corrected chi connectivity index (χ3v) is 5.25. The first-order chi connectivity index (χ1) is 11.6. The number of fused-ring (bicyclic) bond motifs is 1. The van der Waals surface area contributed by atoms with Gasteiger partial charge in [0, 0.05) is 24.1 Å². The van der Waals surface area contributed by atoms with Gasteiger partial charge in [-0.3, -0.25) is 0 Å². The number of aromatic nitrogens is 2. The molecule has 0 spiro atoms. The smallest absolute Gasteiger partial charge is 0.162 e. The maximum Gasteiger partial charge on any atom is 0.162 e. The first kappa shape index (κ1) is 15.5. The predicted molar refractivity (Wildman–Crippen MR) is 100 cm³/mol. The number of allylic oxidation sites excluding steroid dienone is 6. The highest BCUT2D eigenvalue weighted by molar-refractivity contribution is 7.17.